The molecule has 3 atom stereocenters. The molecule has 9 nitrogen and oxygen atoms in total. The second kappa shape index (κ2) is 7.00. The Hall–Kier alpha value is -1.53. The lowest BCUT2D eigenvalue weighted by atomic mass is 9.90. The van der Waals surface area contributed by atoms with Crippen LogP contribution in [0.5, 0.6) is 0 Å². The maximum absolute atomic E-state index is 11.8. The van der Waals surface area contributed by atoms with Crippen molar-refractivity contribution in [2.75, 3.05) is 19.6 Å². The molecule has 1 aliphatic rings. The molecule has 1 aromatic carbocycles. The van der Waals surface area contributed by atoms with Crippen LogP contribution >= 0.6 is 0 Å². The summed E-state index contributed by atoms with van der Waals surface area (Å²) in [5.41, 5.74) is -1.29. The first-order valence-electron chi connectivity index (χ1n) is 7.07. The second-order valence-corrected chi connectivity index (χ2v) is 8.84. The molecule has 0 aliphatic carbocycles. The van der Waals surface area contributed by atoms with E-state index in [9.17, 15) is 16.8 Å². The molecule has 0 spiro atoms. The van der Waals surface area contributed by atoms with Gasteiger partial charge in [0, 0.05) is 12.7 Å². The van der Waals surface area contributed by atoms with Crippen molar-refractivity contribution in [2.24, 2.45) is 5.16 Å². The topological polar surface area (TPSA) is 118 Å². The molecule has 0 amide bonds. The lowest BCUT2D eigenvalue weighted by Crippen LogP contribution is -2.61. The Morgan fingerprint density at radius 2 is 1.68 bits per heavy atom. The highest BCUT2D eigenvalue weighted by atomic mass is 32.2. The summed E-state index contributed by atoms with van der Waals surface area (Å²) in [5.74, 6) is 0. The van der Waals surface area contributed by atoms with Crippen LogP contribution in [0.2, 0.25) is 0 Å². The van der Waals surface area contributed by atoms with E-state index in [-0.39, 0.29) is 5.71 Å². The van der Waals surface area contributed by atoms with E-state index in [1.807, 2.05) is 0 Å². The third kappa shape index (κ3) is 4.76. The molecule has 25 heavy (non-hydrogen) atoms. The molecule has 0 saturated heterocycles. The first-order valence-corrected chi connectivity index (χ1v) is 10.7. The summed E-state index contributed by atoms with van der Waals surface area (Å²) in [6.45, 7) is 1.32. The van der Waals surface area contributed by atoms with Crippen LogP contribution in [0.15, 0.2) is 35.5 Å². The van der Waals surface area contributed by atoms with E-state index >= 15 is 0 Å². The number of rotatable bonds is 6. The van der Waals surface area contributed by atoms with Crippen LogP contribution in [0.1, 0.15) is 12.5 Å². The Kier molecular flexibility index (Phi) is 5.54. The molecule has 1 aliphatic heterocycles. The number of hydrogen-bond donors (Lipinski definition) is 0. The number of methoxy groups -OCH3 is 1. The SMILES string of the molecule is CO[C@@H]1ON=C(c2ccccc2)[C@@H](OS(C)(=O)=O)[C@@]1(C)OS(C)(=O)=O. The van der Waals surface area contributed by atoms with Gasteiger partial charge in [-0.05, 0) is 6.92 Å². The first-order chi connectivity index (χ1) is 11.5. The highest BCUT2D eigenvalue weighted by Crippen LogP contribution is 2.35. The van der Waals surface area contributed by atoms with Crippen LogP contribution in [-0.4, -0.2) is 60.2 Å². The van der Waals surface area contributed by atoms with E-state index in [2.05, 4.69) is 5.16 Å². The van der Waals surface area contributed by atoms with Crippen molar-refractivity contribution < 1.29 is 34.8 Å². The van der Waals surface area contributed by atoms with Gasteiger partial charge in [0.15, 0.2) is 11.7 Å². The maximum Gasteiger partial charge on any atom is 0.265 e. The van der Waals surface area contributed by atoms with Gasteiger partial charge in [0.2, 0.25) is 0 Å². The predicted molar refractivity (Wildman–Crippen MR) is 88.9 cm³/mol. The molecule has 2 rings (SSSR count). The predicted octanol–water partition coefficient (Wildman–Crippen LogP) is 0.473. The van der Waals surface area contributed by atoms with Gasteiger partial charge in [-0.2, -0.15) is 16.8 Å². The van der Waals surface area contributed by atoms with Gasteiger partial charge in [0.05, 0.1) is 12.5 Å². The van der Waals surface area contributed by atoms with Crippen molar-refractivity contribution in [2.45, 2.75) is 24.9 Å². The van der Waals surface area contributed by atoms with Crippen LogP contribution in [-0.2, 0) is 38.2 Å². The lowest BCUT2D eigenvalue weighted by Gasteiger charge is -2.41. The summed E-state index contributed by atoms with van der Waals surface area (Å²) in [6, 6.07) is 8.45. The van der Waals surface area contributed by atoms with Crippen LogP contribution < -0.4 is 0 Å². The van der Waals surface area contributed by atoms with Gasteiger partial charge in [0.1, 0.15) is 5.71 Å². The van der Waals surface area contributed by atoms with Crippen molar-refractivity contribution in [3.63, 3.8) is 0 Å². The fraction of sp³-hybridized carbons (Fsp3) is 0.500. The van der Waals surface area contributed by atoms with E-state index < -0.39 is 38.2 Å². The zero-order valence-corrected chi connectivity index (χ0v) is 15.7. The van der Waals surface area contributed by atoms with E-state index in [1.165, 1.54) is 14.0 Å². The van der Waals surface area contributed by atoms with E-state index in [0.717, 1.165) is 12.5 Å². The van der Waals surface area contributed by atoms with E-state index in [0.29, 0.717) is 5.56 Å². The summed E-state index contributed by atoms with van der Waals surface area (Å²) in [7, 11) is -6.75. The van der Waals surface area contributed by atoms with Gasteiger partial charge in [-0.1, -0.05) is 35.5 Å². The van der Waals surface area contributed by atoms with Crippen molar-refractivity contribution >= 4 is 25.9 Å². The summed E-state index contributed by atoms with van der Waals surface area (Å²) in [5, 5.41) is 3.87. The minimum atomic E-state index is -4.01. The highest BCUT2D eigenvalue weighted by molar-refractivity contribution is 7.86. The van der Waals surface area contributed by atoms with E-state index in [1.54, 1.807) is 30.3 Å². The van der Waals surface area contributed by atoms with Crippen LogP contribution in [0.3, 0.4) is 0 Å². The Morgan fingerprint density at radius 3 is 2.16 bits per heavy atom. The molecule has 0 bridgehead atoms. The zero-order valence-electron chi connectivity index (χ0n) is 14.1. The number of oxime groups is 1. The second-order valence-electron chi connectivity index (χ2n) is 5.67. The Labute approximate surface area is 146 Å². The van der Waals surface area contributed by atoms with Crippen LogP contribution in [0.4, 0.5) is 0 Å². The minimum Gasteiger partial charge on any atom is -0.360 e. The Balaban J connectivity index is 2.62. The number of ether oxygens (including phenoxy) is 1. The van der Waals surface area contributed by atoms with Gasteiger partial charge >= 0.3 is 0 Å². The monoisotopic (exact) mass is 393 g/mol. The van der Waals surface area contributed by atoms with Gasteiger partial charge in [-0.15, -0.1) is 0 Å². The fourth-order valence-electron chi connectivity index (χ4n) is 2.47. The summed E-state index contributed by atoms with van der Waals surface area (Å²) < 4.78 is 62.4. The van der Waals surface area contributed by atoms with Gasteiger partial charge in [-0.25, -0.2) is 0 Å². The van der Waals surface area contributed by atoms with Gasteiger partial charge in [-0.3, -0.25) is 8.37 Å². The Morgan fingerprint density at radius 1 is 1.08 bits per heavy atom. The van der Waals surface area contributed by atoms with Crippen molar-refractivity contribution in [1.82, 2.24) is 0 Å². The molecular formula is C14H19NO8S2. The summed E-state index contributed by atoms with van der Waals surface area (Å²) in [6.07, 6.45) is -1.07. The number of hydrogen-bond acceptors (Lipinski definition) is 9. The normalized spacial score (nSPS) is 27.4. The average Bonchev–Trinajstić information content (AvgIpc) is 2.47. The third-order valence-electron chi connectivity index (χ3n) is 3.37. The van der Waals surface area contributed by atoms with Gasteiger partial charge in [0.25, 0.3) is 26.5 Å². The molecule has 0 unspecified atom stereocenters. The molecule has 0 aromatic heterocycles. The molecule has 11 heteroatoms. The molecule has 0 fully saturated rings. The van der Waals surface area contributed by atoms with Crippen molar-refractivity contribution in [1.29, 1.82) is 0 Å². The lowest BCUT2D eigenvalue weighted by molar-refractivity contribution is -0.235. The number of nitrogens with zero attached hydrogens (tertiary/aromatic N) is 1. The van der Waals surface area contributed by atoms with Gasteiger partial charge < -0.3 is 9.57 Å². The third-order valence-corrected chi connectivity index (χ3v) is 4.57. The molecule has 140 valence electrons. The average molecular weight is 393 g/mol. The summed E-state index contributed by atoms with van der Waals surface area (Å²) >= 11 is 0. The molecule has 0 N–H and O–H groups in total. The highest BCUT2D eigenvalue weighted by Gasteiger charge is 2.55. The molecule has 1 heterocycles. The van der Waals surface area contributed by atoms with Crippen LogP contribution in [0.25, 0.3) is 0 Å². The van der Waals surface area contributed by atoms with Crippen molar-refractivity contribution in [3.8, 4) is 0 Å². The zero-order chi connectivity index (χ0) is 18.9. The largest absolute Gasteiger partial charge is 0.360 e. The van der Waals surface area contributed by atoms with Crippen LogP contribution in [0, 0.1) is 0 Å². The maximum atomic E-state index is 11.8. The summed E-state index contributed by atoms with van der Waals surface area (Å²) in [4.78, 5) is 5.20. The quantitative estimate of drug-likeness (QED) is 0.640. The fourth-order valence-corrected chi connectivity index (χ4v) is 3.92. The Bertz CT molecular complexity index is 850. The first kappa shape index (κ1) is 19.8. The molecular weight excluding hydrogens is 374 g/mol. The smallest absolute Gasteiger partial charge is 0.265 e. The molecule has 0 radical (unpaired) electrons. The molecule has 1 aromatic rings. The standard InChI is InChI=1S/C14H19NO8S2/c1-14(23-25(4,18)19)12(22-24(3,16)17)11(15-21-13(14)20-2)10-8-6-5-7-9-10/h5-9,12-13H,1-4H3/t12-,13-,14-/m1/s1. The van der Waals surface area contributed by atoms with Crippen molar-refractivity contribution in [3.05, 3.63) is 35.9 Å². The van der Waals surface area contributed by atoms with E-state index in [4.69, 9.17) is 17.9 Å². The minimum absolute atomic E-state index is 0.0606. The molecule has 0 saturated carbocycles. The number of benzene rings is 1.